The quantitative estimate of drug-likeness (QED) is 0.676. The molecule has 27 heavy (non-hydrogen) atoms. The Kier molecular flexibility index (Phi) is 7.36. The topological polar surface area (TPSA) is 98.5 Å². The van der Waals surface area contributed by atoms with Crippen molar-refractivity contribution >= 4 is 35.2 Å². The van der Waals surface area contributed by atoms with Crippen molar-refractivity contribution in [1.82, 2.24) is 0 Å². The number of anilines is 1. The first-order valence-electron chi connectivity index (χ1n) is 8.07. The van der Waals surface area contributed by atoms with Crippen molar-refractivity contribution in [3.63, 3.8) is 0 Å². The number of thioether (sulfide) groups is 1. The fourth-order valence-corrected chi connectivity index (χ4v) is 2.71. The summed E-state index contributed by atoms with van der Waals surface area (Å²) in [6, 6.07) is 11.8. The highest BCUT2D eigenvalue weighted by Crippen LogP contribution is 2.15. The van der Waals surface area contributed by atoms with Crippen LogP contribution in [0.25, 0.3) is 0 Å². The largest absolute Gasteiger partial charge is 0.460 e. The van der Waals surface area contributed by atoms with Crippen molar-refractivity contribution in [3.8, 4) is 0 Å². The molecule has 1 unspecified atom stereocenters. The van der Waals surface area contributed by atoms with Crippen LogP contribution in [0, 0.1) is 5.82 Å². The number of esters is 1. The molecular formula is C19H19FN2O4S. The van der Waals surface area contributed by atoms with E-state index in [-0.39, 0.29) is 24.1 Å². The predicted molar refractivity (Wildman–Crippen MR) is 102 cm³/mol. The Labute approximate surface area is 160 Å². The van der Waals surface area contributed by atoms with Crippen LogP contribution >= 0.6 is 11.8 Å². The number of amides is 2. The van der Waals surface area contributed by atoms with Crippen molar-refractivity contribution in [2.75, 3.05) is 11.1 Å². The van der Waals surface area contributed by atoms with Gasteiger partial charge in [-0.2, -0.15) is 0 Å². The zero-order valence-electron chi connectivity index (χ0n) is 14.6. The van der Waals surface area contributed by atoms with Crippen molar-refractivity contribution in [1.29, 1.82) is 0 Å². The van der Waals surface area contributed by atoms with Gasteiger partial charge in [-0.05, 0) is 48.9 Å². The lowest BCUT2D eigenvalue weighted by Crippen LogP contribution is -2.21. The van der Waals surface area contributed by atoms with Gasteiger partial charge in [0, 0.05) is 11.3 Å². The van der Waals surface area contributed by atoms with Crippen molar-refractivity contribution in [2.24, 2.45) is 5.73 Å². The summed E-state index contributed by atoms with van der Waals surface area (Å²) in [4.78, 5) is 34.9. The highest BCUT2D eigenvalue weighted by Gasteiger charge is 2.17. The third-order valence-electron chi connectivity index (χ3n) is 3.54. The minimum Gasteiger partial charge on any atom is -0.460 e. The van der Waals surface area contributed by atoms with Gasteiger partial charge in [0.1, 0.15) is 17.7 Å². The van der Waals surface area contributed by atoms with E-state index < -0.39 is 17.1 Å². The second-order valence-corrected chi connectivity index (χ2v) is 7.01. The fourth-order valence-electron chi connectivity index (χ4n) is 2.04. The molecule has 0 aromatic heterocycles. The number of rotatable bonds is 8. The molecule has 0 heterocycles. The smallest absolute Gasteiger partial charge is 0.319 e. The van der Waals surface area contributed by atoms with E-state index in [2.05, 4.69) is 5.32 Å². The average molecular weight is 390 g/mol. The van der Waals surface area contributed by atoms with E-state index in [1.54, 1.807) is 31.2 Å². The van der Waals surface area contributed by atoms with E-state index in [0.29, 0.717) is 11.3 Å². The number of ether oxygens (including phenoxy) is 1. The van der Waals surface area contributed by atoms with E-state index in [1.165, 1.54) is 24.3 Å². The number of benzene rings is 2. The van der Waals surface area contributed by atoms with Crippen molar-refractivity contribution in [3.05, 3.63) is 65.5 Å². The second kappa shape index (κ2) is 9.72. The van der Waals surface area contributed by atoms with Gasteiger partial charge in [0.15, 0.2) is 0 Å². The molecule has 0 radical (unpaired) electrons. The third kappa shape index (κ3) is 6.74. The molecule has 1 atom stereocenters. The Morgan fingerprint density at radius 2 is 1.74 bits per heavy atom. The van der Waals surface area contributed by atoms with Crippen LogP contribution in [0.3, 0.4) is 0 Å². The molecule has 2 amide bonds. The summed E-state index contributed by atoms with van der Waals surface area (Å²) in [7, 11) is 0. The molecule has 0 fully saturated rings. The molecule has 3 N–H and O–H groups in total. The maximum absolute atomic E-state index is 12.8. The highest BCUT2D eigenvalue weighted by molar-refractivity contribution is 8.01. The Bertz CT molecular complexity index is 809. The van der Waals surface area contributed by atoms with Gasteiger partial charge >= 0.3 is 5.97 Å². The lowest BCUT2D eigenvalue weighted by atomic mass is 10.1. The summed E-state index contributed by atoms with van der Waals surface area (Å²) >= 11 is 1.13. The van der Waals surface area contributed by atoms with Crippen LogP contribution in [-0.4, -0.2) is 28.8 Å². The third-order valence-corrected chi connectivity index (χ3v) is 4.67. The zero-order valence-corrected chi connectivity index (χ0v) is 15.4. The molecule has 0 aliphatic carbocycles. The van der Waals surface area contributed by atoms with Crippen molar-refractivity contribution < 1.29 is 23.5 Å². The molecule has 0 bridgehead atoms. The standard InChI is InChI=1S/C19H19FN2O4S/c1-12(27-11-17(23)22-16-8-6-15(20)7-9-16)19(25)26-10-13-2-4-14(5-3-13)18(21)24/h2-9,12H,10-11H2,1H3,(H2,21,24)(H,22,23). The van der Waals surface area contributed by atoms with Crippen LogP contribution in [-0.2, 0) is 20.9 Å². The van der Waals surface area contributed by atoms with Crippen LogP contribution in [0.15, 0.2) is 48.5 Å². The summed E-state index contributed by atoms with van der Waals surface area (Å²) in [5.74, 6) is -1.60. The number of carbonyl (C=O) groups is 3. The monoisotopic (exact) mass is 390 g/mol. The van der Waals surface area contributed by atoms with Gasteiger partial charge < -0.3 is 15.8 Å². The van der Waals surface area contributed by atoms with E-state index in [4.69, 9.17) is 10.5 Å². The van der Waals surface area contributed by atoms with Crippen LogP contribution in [0.1, 0.15) is 22.8 Å². The van der Waals surface area contributed by atoms with Crippen LogP contribution < -0.4 is 11.1 Å². The van der Waals surface area contributed by atoms with E-state index >= 15 is 0 Å². The number of halogens is 1. The molecule has 0 saturated carbocycles. The Morgan fingerprint density at radius 1 is 1.11 bits per heavy atom. The van der Waals surface area contributed by atoms with Crippen LogP contribution in [0.2, 0.25) is 0 Å². The number of nitrogens with two attached hydrogens (primary N) is 1. The Hall–Kier alpha value is -2.87. The van der Waals surface area contributed by atoms with E-state index in [0.717, 1.165) is 17.3 Å². The maximum atomic E-state index is 12.8. The lowest BCUT2D eigenvalue weighted by Gasteiger charge is -2.11. The first-order chi connectivity index (χ1) is 12.8. The lowest BCUT2D eigenvalue weighted by molar-refractivity contribution is -0.143. The predicted octanol–water partition coefficient (Wildman–Crippen LogP) is 2.73. The molecule has 0 aliphatic rings. The minimum atomic E-state index is -0.533. The van der Waals surface area contributed by atoms with Crippen LogP contribution in [0.4, 0.5) is 10.1 Å². The maximum Gasteiger partial charge on any atom is 0.319 e. The van der Waals surface area contributed by atoms with Gasteiger partial charge in [-0.15, -0.1) is 11.8 Å². The minimum absolute atomic E-state index is 0.0565. The number of primary amides is 1. The number of carbonyl (C=O) groups excluding carboxylic acids is 3. The molecule has 0 spiro atoms. The summed E-state index contributed by atoms with van der Waals surface area (Å²) in [6.07, 6.45) is 0. The molecular weight excluding hydrogens is 371 g/mol. The van der Waals surface area contributed by atoms with Crippen LogP contribution in [0.5, 0.6) is 0 Å². The summed E-state index contributed by atoms with van der Waals surface area (Å²) in [5, 5.41) is 2.09. The molecule has 142 valence electrons. The number of nitrogens with one attached hydrogen (secondary N) is 1. The Morgan fingerprint density at radius 3 is 2.33 bits per heavy atom. The van der Waals surface area contributed by atoms with E-state index in [9.17, 15) is 18.8 Å². The molecule has 0 aliphatic heterocycles. The van der Waals surface area contributed by atoms with Gasteiger partial charge in [-0.3, -0.25) is 14.4 Å². The second-order valence-electron chi connectivity index (χ2n) is 5.68. The number of hydrogen-bond acceptors (Lipinski definition) is 5. The molecule has 8 heteroatoms. The molecule has 0 saturated heterocycles. The zero-order chi connectivity index (χ0) is 19.8. The van der Waals surface area contributed by atoms with Gasteiger partial charge in [-0.25, -0.2) is 4.39 Å². The number of hydrogen-bond donors (Lipinski definition) is 2. The average Bonchev–Trinajstić information content (AvgIpc) is 2.66. The molecule has 2 aromatic carbocycles. The van der Waals surface area contributed by atoms with Crippen molar-refractivity contribution in [2.45, 2.75) is 18.8 Å². The van der Waals surface area contributed by atoms with Gasteiger partial charge in [-0.1, -0.05) is 12.1 Å². The fraction of sp³-hybridized carbons (Fsp3) is 0.211. The van der Waals surface area contributed by atoms with Gasteiger partial charge in [0.25, 0.3) is 0 Å². The normalized spacial score (nSPS) is 11.5. The molecule has 2 aromatic rings. The first-order valence-corrected chi connectivity index (χ1v) is 9.12. The molecule has 2 rings (SSSR count). The summed E-state index contributed by atoms with van der Waals surface area (Å²) < 4.78 is 18.0. The van der Waals surface area contributed by atoms with E-state index in [1.807, 2.05) is 0 Å². The Balaban J connectivity index is 1.73. The summed E-state index contributed by atoms with van der Waals surface area (Å²) in [5.41, 5.74) is 6.74. The first kappa shape index (κ1) is 20.4. The van der Waals surface area contributed by atoms with Gasteiger partial charge in [0.2, 0.25) is 11.8 Å². The SMILES string of the molecule is CC(SCC(=O)Nc1ccc(F)cc1)C(=O)OCc1ccc(C(N)=O)cc1. The summed E-state index contributed by atoms with van der Waals surface area (Å²) in [6.45, 7) is 1.71. The highest BCUT2D eigenvalue weighted by atomic mass is 32.2. The molecule has 6 nitrogen and oxygen atoms in total. The van der Waals surface area contributed by atoms with Gasteiger partial charge in [0.05, 0.1) is 5.75 Å².